The Kier molecular flexibility index (Phi) is 5.94. The van der Waals surface area contributed by atoms with Crippen LogP contribution in [0.15, 0.2) is 5.38 Å². The molecule has 0 saturated heterocycles. The number of nitrogens with zero attached hydrogens (tertiary/aromatic N) is 1. The summed E-state index contributed by atoms with van der Waals surface area (Å²) in [5.74, 6) is -1.01. The largest absolute Gasteiger partial charge is 0.466 e. The zero-order valence-electron chi connectivity index (χ0n) is 10.7. The van der Waals surface area contributed by atoms with Crippen LogP contribution in [0.3, 0.4) is 0 Å². The van der Waals surface area contributed by atoms with Gasteiger partial charge in [-0.25, -0.2) is 4.98 Å². The number of hydrogen-bond donors (Lipinski definition) is 2. The van der Waals surface area contributed by atoms with Crippen LogP contribution >= 0.6 is 11.3 Å². The zero-order valence-corrected chi connectivity index (χ0v) is 11.5. The molecular weight excluding hydrogens is 270 g/mol. The third-order valence-electron chi connectivity index (χ3n) is 1.93. The van der Waals surface area contributed by atoms with Crippen molar-refractivity contribution in [1.82, 2.24) is 10.3 Å². The van der Waals surface area contributed by atoms with E-state index < -0.39 is 0 Å². The fraction of sp³-hybridized carbons (Fsp3) is 0.455. The number of ether oxygens (including phenoxy) is 1. The number of hydrogen-bond acceptors (Lipinski definition) is 6. The molecule has 0 aromatic carbocycles. The number of esters is 1. The molecule has 0 fully saturated rings. The first-order valence-electron chi connectivity index (χ1n) is 5.65. The molecule has 0 aliphatic rings. The number of carbonyl (C=O) groups is 3. The van der Waals surface area contributed by atoms with Gasteiger partial charge in [-0.15, -0.1) is 11.3 Å². The molecule has 0 unspecified atom stereocenters. The fourth-order valence-corrected chi connectivity index (χ4v) is 1.90. The number of thiazole rings is 1. The van der Waals surface area contributed by atoms with E-state index in [0.29, 0.717) is 17.4 Å². The average Bonchev–Trinajstić information content (AvgIpc) is 2.74. The topological polar surface area (TPSA) is 97.4 Å². The lowest BCUT2D eigenvalue weighted by molar-refractivity contribution is -0.142. The van der Waals surface area contributed by atoms with Crippen LogP contribution in [0, 0.1) is 0 Å². The van der Waals surface area contributed by atoms with Crippen LogP contribution in [0.25, 0.3) is 0 Å². The molecule has 8 heteroatoms. The number of aromatic nitrogens is 1. The summed E-state index contributed by atoms with van der Waals surface area (Å²) in [7, 11) is 0. The van der Waals surface area contributed by atoms with Crippen LogP contribution in [0.1, 0.15) is 19.5 Å². The molecule has 0 aliphatic carbocycles. The van der Waals surface area contributed by atoms with Crippen molar-refractivity contribution in [1.29, 1.82) is 0 Å². The molecule has 19 heavy (non-hydrogen) atoms. The van der Waals surface area contributed by atoms with Gasteiger partial charge in [0.25, 0.3) is 0 Å². The van der Waals surface area contributed by atoms with Gasteiger partial charge in [0, 0.05) is 12.3 Å². The number of anilines is 1. The Hall–Kier alpha value is -1.96. The molecule has 1 aromatic heterocycles. The summed E-state index contributed by atoms with van der Waals surface area (Å²) in [5, 5.41) is 6.95. The minimum Gasteiger partial charge on any atom is -0.466 e. The molecule has 0 spiro atoms. The van der Waals surface area contributed by atoms with Crippen LogP contribution in [-0.4, -0.2) is 35.9 Å². The second-order valence-electron chi connectivity index (χ2n) is 3.58. The average molecular weight is 285 g/mol. The summed E-state index contributed by atoms with van der Waals surface area (Å²) < 4.78 is 4.79. The van der Waals surface area contributed by atoms with Crippen LogP contribution in [0.4, 0.5) is 5.13 Å². The maximum Gasteiger partial charge on any atom is 0.311 e. The van der Waals surface area contributed by atoms with Crippen molar-refractivity contribution in [3.63, 3.8) is 0 Å². The highest BCUT2D eigenvalue weighted by Crippen LogP contribution is 2.15. The maximum atomic E-state index is 11.4. The third-order valence-corrected chi connectivity index (χ3v) is 2.73. The molecule has 0 radical (unpaired) electrons. The molecule has 1 heterocycles. The summed E-state index contributed by atoms with van der Waals surface area (Å²) in [5.41, 5.74) is 0.540. The van der Waals surface area contributed by atoms with Crippen molar-refractivity contribution in [2.45, 2.75) is 20.3 Å². The van der Waals surface area contributed by atoms with Crippen molar-refractivity contribution in [3.8, 4) is 0 Å². The molecule has 2 N–H and O–H groups in total. The lowest BCUT2D eigenvalue weighted by Gasteiger charge is -2.01. The van der Waals surface area contributed by atoms with E-state index in [-0.39, 0.29) is 30.7 Å². The van der Waals surface area contributed by atoms with Gasteiger partial charge in [0.05, 0.1) is 25.3 Å². The van der Waals surface area contributed by atoms with Crippen LogP contribution in [0.5, 0.6) is 0 Å². The van der Waals surface area contributed by atoms with Gasteiger partial charge in [0.2, 0.25) is 11.8 Å². The van der Waals surface area contributed by atoms with E-state index >= 15 is 0 Å². The molecule has 7 nitrogen and oxygen atoms in total. The SMILES string of the molecule is CCOC(=O)Cc1csc(NC(=O)CNC(C)=O)n1. The highest BCUT2D eigenvalue weighted by Gasteiger charge is 2.10. The maximum absolute atomic E-state index is 11.4. The van der Waals surface area contributed by atoms with Crippen molar-refractivity contribution < 1.29 is 19.1 Å². The van der Waals surface area contributed by atoms with Crippen molar-refractivity contribution in [2.75, 3.05) is 18.5 Å². The number of rotatable bonds is 6. The van der Waals surface area contributed by atoms with Crippen LogP contribution in [-0.2, 0) is 25.5 Å². The third kappa shape index (κ3) is 5.96. The molecule has 1 rings (SSSR count). The highest BCUT2D eigenvalue weighted by atomic mass is 32.1. The second-order valence-corrected chi connectivity index (χ2v) is 4.44. The van der Waals surface area contributed by atoms with Gasteiger partial charge in [0.1, 0.15) is 0 Å². The Morgan fingerprint density at radius 2 is 2.16 bits per heavy atom. The molecular formula is C11H15N3O4S. The number of amides is 2. The van der Waals surface area contributed by atoms with Gasteiger partial charge in [-0.1, -0.05) is 0 Å². The molecule has 104 valence electrons. The molecule has 0 atom stereocenters. The quantitative estimate of drug-likeness (QED) is 0.734. The van der Waals surface area contributed by atoms with E-state index in [4.69, 9.17) is 4.74 Å². The summed E-state index contributed by atoms with van der Waals surface area (Å²) in [6.07, 6.45) is 0.0753. The van der Waals surface area contributed by atoms with Crippen molar-refractivity contribution in [3.05, 3.63) is 11.1 Å². The number of carbonyl (C=O) groups excluding carboxylic acids is 3. The van der Waals surface area contributed by atoms with Crippen molar-refractivity contribution in [2.24, 2.45) is 0 Å². The predicted octanol–water partition coefficient (Wildman–Crippen LogP) is 0.323. The lowest BCUT2D eigenvalue weighted by Crippen LogP contribution is -2.31. The minimum absolute atomic E-state index is 0.0753. The fourth-order valence-electron chi connectivity index (χ4n) is 1.17. The molecule has 0 aliphatic heterocycles. The van der Waals surface area contributed by atoms with Crippen LogP contribution in [0.2, 0.25) is 0 Å². The Labute approximate surface area is 114 Å². The molecule has 0 saturated carbocycles. The van der Waals surface area contributed by atoms with Gasteiger partial charge in [-0.2, -0.15) is 0 Å². The normalized spacial score (nSPS) is 9.79. The van der Waals surface area contributed by atoms with E-state index in [1.807, 2.05) is 0 Å². The first-order valence-corrected chi connectivity index (χ1v) is 6.53. The van der Waals surface area contributed by atoms with Gasteiger partial charge in [-0.05, 0) is 6.92 Å². The first kappa shape index (κ1) is 15.1. The standard InChI is InChI=1S/C11H15N3O4S/c1-3-18-10(17)4-8-6-19-11(13-8)14-9(16)5-12-7(2)15/h6H,3-5H2,1-2H3,(H,12,15)(H,13,14,16). The Morgan fingerprint density at radius 1 is 1.42 bits per heavy atom. The minimum atomic E-state index is -0.368. The van der Waals surface area contributed by atoms with Gasteiger partial charge in [0.15, 0.2) is 5.13 Å². The molecule has 1 aromatic rings. The van der Waals surface area contributed by atoms with E-state index in [2.05, 4.69) is 15.6 Å². The van der Waals surface area contributed by atoms with Crippen molar-refractivity contribution >= 4 is 34.3 Å². The second kappa shape index (κ2) is 7.47. The monoisotopic (exact) mass is 285 g/mol. The van der Waals surface area contributed by atoms with E-state index in [0.717, 1.165) is 0 Å². The van der Waals surface area contributed by atoms with Gasteiger partial charge in [-0.3, -0.25) is 14.4 Å². The summed E-state index contributed by atoms with van der Waals surface area (Å²) in [4.78, 5) is 37.3. The van der Waals surface area contributed by atoms with Crippen LogP contribution < -0.4 is 10.6 Å². The number of nitrogens with one attached hydrogen (secondary N) is 2. The summed E-state index contributed by atoms with van der Waals surface area (Å²) in [6, 6.07) is 0. The smallest absolute Gasteiger partial charge is 0.311 e. The predicted molar refractivity (Wildman–Crippen MR) is 69.8 cm³/mol. The zero-order chi connectivity index (χ0) is 14.3. The summed E-state index contributed by atoms with van der Waals surface area (Å²) in [6.45, 7) is 3.27. The molecule has 0 bridgehead atoms. The Morgan fingerprint density at radius 3 is 2.79 bits per heavy atom. The van der Waals surface area contributed by atoms with Gasteiger partial charge < -0.3 is 15.4 Å². The Balaban J connectivity index is 2.44. The first-order chi connectivity index (χ1) is 9.01. The Bertz CT molecular complexity index is 472. The highest BCUT2D eigenvalue weighted by molar-refractivity contribution is 7.13. The van der Waals surface area contributed by atoms with E-state index in [9.17, 15) is 14.4 Å². The molecule has 2 amide bonds. The van der Waals surface area contributed by atoms with Gasteiger partial charge >= 0.3 is 5.97 Å². The van der Waals surface area contributed by atoms with E-state index in [1.165, 1.54) is 18.3 Å². The summed E-state index contributed by atoms with van der Waals surface area (Å²) >= 11 is 1.21. The van der Waals surface area contributed by atoms with E-state index in [1.54, 1.807) is 12.3 Å². The lowest BCUT2D eigenvalue weighted by atomic mass is 10.3.